The van der Waals surface area contributed by atoms with Crippen molar-refractivity contribution in [2.75, 3.05) is 11.9 Å². The number of nitrogens with two attached hydrogens (primary N) is 1. The van der Waals surface area contributed by atoms with Gasteiger partial charge in [-0.05, 0) is 35.2 Å². The van der Waals surface area contributed by atoms with Crippen molar-refractivity contribution in [3.8, 4) is 0 Å². The molecule has 3 aromatic rings. The lowest BCUT2D eigenvalue weighted by Crippen LogP contribution is -2.33. The highest BCUT2D eigenvalue weighted by Crippen LogP contribution is 2.17. The van der Waals surface area contributed by atoms with Crippen LogP contribution in [0.25, 0.3) is 0 Å². The van der Waals surface area contributed by atoms with Gasteiger partial charge in [0.15, 0.2) is 0 Å². The van der Waals surface area contributed by atoms with Crippen LogP contribution < -0.4 is 11.1 Å². The Kier molecular flexibility index (Phi) is 6.76. The summed E-state index contributed by atoms with van der Waals surface area (Å²) in [5.74, 6) is -0.922. The van der Waals surface area contributed by atoms with Crippen molar-refractivity contribution in [3.05, 3.63) is 88.1 Å². The molecular weight excluding hydrogens is 386 g/mol. The van der Waals surface area contributed by atoms with E-state index in [1.165, 1.54) is 11.3 Å². The number of primary amides is 1. The van der Waals surface area contributed by atoms with Crippen LogP contribution in [0.4, 0.5) is 5.69 Å². The summed E-state index contributed by atoms with van der Waals surface area (Å²) in [6, 6.07) is 19.8. The van der Waals surface area contributed by atoms with E-state index in [0.29, 0.717) is 22.7 Å². The fraction of sp³-hybridized carbons (Fsp3) is 0.136. The van der Waals surface area contributed by atoms with Crippen LogP contribution in [-0.4, -0.2) is 29.2 Å². The number of thiophene rings is 1. The van der Waals surface area contributed by atoms with Crippen LogP contribution in [0, 0.1) is 0 Å². The lowest BCUT2D eigenvalue weighted by atomic mass is 10.1. The van der Waals surface area contributed by atoms with E-state index in [4.69, 9.17) is 5.73 Å². The molecule has 0 fully saturated rings. The maximum Gasteiger partial charge on any atom is 0.265 e. The third-order valence-electron chi connectivity index (χ3n) is 4.24. The van der Waals surface area contributed by atoms with E-state index >= 15 is 0 Å². The van der Waals surface area contributed by atoms with E-state index in [0.717, 1.165) is 5.56 Å². The van der Waals surface area contributed by atoms with E-state index in [-0.39, 0.29) is 24.8 Å². The lowest BCUT2D eigenvalue weighted by molar-refractivity contribution is -0.118. The standard InChI is InChI=1S/C22H21N3O3S/c23-20(26)11-12-25(15-16-6-2-1-3-7-16)22(28)17-8-4-9-18(14-17)24-21(27)19-10-5-13-29-19/h1-10,13-14H,11-12,15H2,(H2,23,26)(H,24,27). The number of amides is 3. The summed E-state index contributed by atoms with van der Waals surface area (Å²) in [5.41, 5.74) is 7.18. The van der Waals surface area contributed by atoms with Crippen molar-refractivity contribution in [3.63, 3.8) is 0 Å². The summed E-state index contributed by atoms with van der Waals surface area (Å²) in [7, 11) is 0. The summed E-state index contributed by atoms with van der Waals surface area (Å²) in [4.78, 5) is 38.8. The van der Waals surface area contributed by atoms with Crippen molar-refractivity contribution in [1.82, 2.24) is 4.90 Å². The quantitative estimate of drug-likeness (QED) is 0.598. The predicted octanol–water partition coefficient (Wildman–Crippen LogP) is 3.52. The average Bonchev–Trinajstić information content (AvgIpc) is 3.26. The number of carbonyl (C=O) groups is 3. The molecule has 7 heteroatoms. The smallest absolute Gasteiger partial charge is 0.265 e. The van der Waals surface area contributed by atoms with Gasteiger partial charge < -0.3 is 16.0 Å². The Hall–Kier alpha value is -3.45. The van der Waals surface area contributed by atoms with Gasteiger partial charge in [-0.2, -0.15) is 0 Å². The zero-order valence-corrected chi connectivity index (χ0v) is 16.5. The fourth-order valence-corrected chi connectivity index (χ4v) is 3.43. The van der Waals surface area contributed by atoms with Gasteiger partial charge in [-0.3, -0.25) is 14.4 Å². The molecule has 0 aliphatic carbocycles. The molecule has 6 nitrogen and oxygen atoms in total. The molecule has 3 N–H and O–H groups in total. The van der Waals surface area contributed by atoms with Gasteiger partial charge in [0.1, 0.15) is 0 Å². The molecule has 29 heavy (non-hydrogen) atoms. The van der Waals surface area contributed by atoms with Crippen LogP contribution in [0.2, 0.25) is 0 Å². The highest BCUT2D eigenvalue weighted by Gasteiger charge is 2.18. The first-order chi connectivity index (χ1) is 14.0. The first kappa shape index (κ1) is 20.3. The van der Waals surface area contributed by atoms with Crippen molar-refractivity contribution in [2.45, 2.75) is 13.0 Å². The van der Waals surface area contributed by atoms with Crippen LogP contribution in [0.1, 0.15) is 32.0 Å². The Labute approximate surface area is 173 Å². The van der Waals surface area contributed by atoms with Crippen molar-refractivity contribution in [1.29, 1.82) is 0 Å². The molecule has 0 saturated heterocycles. The molecule has 0 bridgehead atoms. The molecule has 3 amide bonds. The van der Waals surface area contributed by atoms with E-state index in [1.807, 2.05) is 35.7 Å². The zero-order valence-electron chi connectivity index (χ0n) is 15.7. The molecule has 0 saturated carbocycles. The van der Waals surface area contributed by atoms with Crippen molar-refractivity contribution < 1.29 is 14.4 Å². The predicted molar refractivity (Wildman–Crippen MR) is 114 cm³/mol. The minimum absolute atomic E-state index is 0.0768. The molecule has 0 spiro atoms. The number of benzene rings is 2. The van der Waals surface area contributed by atoms with Crippen molar-refractivity contribution >= 4 is 34.7 Å². The van der Waals surface area contributed by atoms with E-state index in [2.05, 4.69) is 5.32 Å². The molecule has 0 unspecified atom stereocenters. The lowest BCUT2D eigenvalue weighted by Gasteiger charge is -2.23. The maximum absolute atomic E-state index is 13.1. The summed E-state index contributed by atoms with van der Waals surface area (Å²) in [6.07, 6.45) is 0.0768. The number of anilines is 1. The van der Waals surface area contributed by atoms with Gasteiger partial charge in [-0.15, -0.1) is 11.3 Å². The normalized spacial score (nSPS) is 10.3. The number of carbonyl (C=O) groups excluding carboxylic acids is 3. The number of hydrogen-bond donors (Lipinski definition) is 2. The summed E-state index contributed by atoms with van der Waals surface area (Å²) in [6.45, 7) is 0.577. The SMILES string of the molecule is NC(=O)CCN(Cc1ccccc1)C(=O)c1cccc(NC(=O)c2cccs2)c1. The van der Waals surface area contributed by atoms with E-state index in [1.54, 1.807) is 41.3 Å². The van der Waals surface area contributed by atoms with Gasteiger partial charge in [0.05, 0.1) is 4.88 Å². The molecule has 0 radical (unpaired) electrons. The Bertz CT molecular complexity index is 988. The van der Waals surface area contributed by atoms with Gasteiger partial charge in [-0.1, -0.05) is 42.5 Å². The minimum Gasteiger partial charge on any atom is -0.370 e. The molecule has 148 valence electrons. The van der Waals surface area contributed by atoms with Gasteiger partial charge in [0.25, 0.3) is 11.8 Å². The van der Waals surface area contributed by atoms with Crippen LogP contribution >= 0.6 is 11.3 Å². The molecular formula is C22H21N3O3S. The summed E-state index contributed by atoms with van der Waals surface area (Å²) < 4.78 is 0. The van der Waals surface area contributed by atoms with Crippen LogP contribution in [0.5, 0.6) is 0 Å². The van der Waals surface area contributed by atoms with Crippen LogP contribution in [0.3, 0.4) is 0 Å². The highest BCUT2D eigenvalue weighted by atomic mass is 32.1. The maximum atomic E-state index is 13.1. The average molecular weight is 407 g/mol. The van der Waals surface area contributed by atoms with Crippen LogP contribution in [-0.2, 0) is 11.3 Å². The Balaban J connectivity index is 1.77. The Morgan fingerprint density at radius 3 is 2.45 bits per heavy atom. The van der Waals surface area contributed by atoms with Gasteiger partial charge in [0.2, 0.25) is 5.91 Å². The molecule has 0 aliphatic rings. The van der Waals surface area contributed by atoms with Gasteiger partial charge in [0, 0.05) is 30.8 Å². The molecule has 2 aromatic carbocycles. The third-order valence-corrected chi connectivity index (χ3v) is 5.11. The second-order valence-electron chi connectivity index (χ2n) is 6.44. The summed E-state index contributed by atoms with van der Waals surface area (Å²) in [5, 5.41) is 4.63. The number of nitrogens with zero attached hydrogens (tertiary/aromatic N) is 1. The Morgan fingerprint density at radius 2 is 1.76 bits per heavy atom. The second-order valence-corrected chi connectivity index (χ2v) is 7.39. The van der Waals surface area contributed by atoms with Crippen molar-refractivity contribution in [2.24, 2.45) is 5.73 Å². The summed E-state index contributed by atoms with van der Waals surface area (Å²) >= 11 is 1.35. The molecule has 3 rings (SSSR count). The second kappa shape index (κ2) is 9.66. The Morgan fingerprint density at radius 1 is 0.966 bits per heavy atom. The molecule has 1 aromatic heterocycles. The van der Waals surface area contributed by atoms with E-state index in [9.17, 15) is 14.4 Å². The molecule has 0 aliphatic heterocycles. The largest absolute Gasteiger partial charge is 0.370 e. The molecule has 0 atom stereocenters. The fourth-order valence-electron chi connectivity index (χ4n) is 2.81. The first-order valence-electron chi connectivity index (χ1n) is 9.09. The van der Waals surface area contributed by atoms with Crippen LogP contribution in [0.15, 0.2) is 72.1 Å². The zero-order chi connectivity index (χ0) is 20.6. The van der Waals surface area contributed by atoms with E-state index < -0.39 is 5.91 Å². The van der Waals surface area contributed by atoms with Gasteiger partial charge in [-0.25, -0.2) is 0 Å². The number of rotatable bonds is 8. The number of nitrogens with one attached hydrogen (secondary N) is 1. The van der Waals surface area contributed by atoms with Gasteiger partial charge >= 0.3 is 0 Å². The highest BCUT2D eigenvalue weighted by molar-refractivity contribution is 7.12. The topological polar surface area (TPSA) is 92.5 Å². The third kappa shape index (κ3) is 5.76. The first-order valence-corrected chi connectivity index (χ1v) is 9.97. The number of hydrogen-bond acceptors (Lipinski definition) is 4. The molecule has 1 heterocycles. The monoisotopic (exact) mass is 407 g/mol. The minimum atomic E-state index is -0.465.